The summed E-state index contributed by atoms with van der Waals surface area (Å²) >= 11 is 7.48. The SMILES string of the molecule is C[C@@H](O)CNC(=O)NC(c1ccc(Cl)cc1)c1ccsc1. The summed E-state index contributed by atoms with van der Waals surface area (Å²) in [5.41, 5.74) is 1.96. The molecule has 2 atom stereocenters. The molecule has 21 heavy (non-hydrogen) atoms. The van der Waals surface area contributed by atoms with Gasteiger partial charge in [0.2, 0.25) is 0 Å². The van der Waals surface area contributed by atoms with E-state index in [-0.39, 0.29) is 18.6 Å². The van der Waals surface area contributed by atoms with Gasteiger partial charge in [0.15, 0.2) is 0 Å². The Kier molecular flexibility index (Phi) is 5.61. The number of amides is 2. The fraction of sp³-hybridized carbons (Fsp3) is 0.267. The zero-order chi connectivity index (χ0) is 15.2. The molecule has 3 N–H and O–H groups in total. The Morgan fingerprint density at radius 2 is 2.00 bits per heavy atom. The molecule has 0 bridgehead atoms. The van der Waals surface area contributed by atoms with Crippen molar-refractivity contribution in [2.45, 2.75) is 19.1 Å². The van der Waals surface area contributed by atoms with Crippen LogP contribution in [0.4, 0.5) is 4.79 Å². The largest absolute Gasteiger partial charge is 0.392 e. The molecular weight excluding hydrogens is 308 g/mol. The molecule has 0 aliphatic rings. The average molecular weight is 325 g/mol. The highest BCUT2D eigenvalue weighted by Crippen LogP contribution is 2.25. The molecule has 0 aliphatic heterocycles. The number of carbonyl (C=O) groups is 1. The second-order valence-electron chi connectivity index (χ2n) is 4.74. The predicted molar refractivity (Wildman–Crippen MR) is 85.8 cm³/mol. The van der Waals surface area contributed by atoms with Gasteiger partial charge in [-0.15, -0.1) is 0 Å². The first-order valence-electron chi connectivity index (χ1n) is 6.56. The molecule has 0 fully saturated rings. The third kappa shape index (κ3) is 4.74. The van der Waals surface area contributed by atoms with Gasteiger partial charge in [-0.05, 0) is 47.0 Å². The zero-order valence-corrected chi connectivity index (χ0v) is 13.1. The lowest BCUT2D eigenvalue weighted by molar-refractivity contribution is 0.187. The maximum Gasteiger partial charge on any atom is 0.315 e. The van der Waals surface area contributed by atoms with Crippen LogP contribution in [0.2, 0.25) is 5.02 Å². The highest BCUT2D eigenvalue weighted by Gasteiger charge is 2.17. The molecule has 1 aromatic carbocycles. The van der Waals surface area contributed by atoms with Crippen LogP contribution in [0.1, 0.15) is 24.1 Å². The fourth-order valence-corrected chi connectivity index (χ4v) is 2.69. The third-order valence-electron chi connectivity index (χ3n) is 2.91. The van der Waals surface area contributed by atoms with Crippen molar-refractivity contribution < 1.29 is 9.90 Å². The van der Waals surface area contributed by atoms with E-state index in [1.54, 1.807) is 30.4 Å². The Balaban J connectivity index is 2.14. The smallest absolute Gasteiger partial charge is 0.315 e. The summed E-state index contributed by atoms with van der Waals surface area (Å²) in [6, 6.07) is 8.78. The molecule has 112 valence electrons. The topological polar surface area (TPSA) is 61.4 Å². The molecule has 0 saturated carbocycles. The number of aliphatic hydroxyl groups is 1. The average Bonchev–Trinajstić information content (AvgIpc) is 2.97. The highest BCUT2D eigenvalue weighted by atomic mass is 35.5. The van der Waals surface area contributed by atoms with Gasteiger partial charge < -0.3 is 15.7 Å². The van der Waals surface area contributed by atoms with Crippen molar-refractivity contribution in [3.05, 3.63) is 57.2 Å². The molecular formula is C15H17ClN2O2S. The Morgan fingerprint density at radius 3 is 2.57 bits per heavy atom. The number of halogens is 1. The van der Waals surface area contributed by atoms with Gasteiger partial charge in [-0.3, -0.25) is 0 Å². The van der Waals surface area contributed by atoms with Crippen LogP contribution in [0.5, 0.6) is 0 Å². The number of nitrogens with one attached hydrogen (secondary N) is 2. The number of thiophene rings is 1. The fourth-order valence-electron chi connectivity index (χ4n) is 1.88. The standard InChI is InChI=1S/C15H17ClN2O2S/c1-10(19)8-17-15(20)18-14(12-6-7-21-9-12)11-2-4-13(16)5-3-11/h2-7,9-10,14,19H,8H2,1H3,(H2,17,18,20)/t10-,14?/m1/s1. The number of urea groups is 1. The molecule has 6 heteroatoms. The highest BCUT2D eigenvalue weighted by molar-refractivity contribution is 7.08. The summed E-state index contributed by atoms with van der Waals surface area (Å²) in [5.74, 6) is 0. The molecule has 0 saturated heterocycles. The van der Waals surface area contributed by atoms with Crippen molar-refractivity contribution in [2.75, 3.05) is 6.54 Å². The summed E-state index contributed by atoms with van der Waals surface area (Å²) in [6.07, 6.45) is -0.578. The van der Waals surface area contributed by atoms with Gasteiger partial charge in [0.25, 0.3) is 0 Å². The van der Waals surface area contributed by atoms with Crippen molar-refractivity contribution in [1.29, 1.82) is 0 Å². The number of hydrogen-bond acceptors (Lipinski definition) is 3. The minimum atomic E-state index is -0.578. The van der Waals surface area contributed by atoms with E-state index in [1.165, 1.54) is 0 Å². The normalized spacial score (nSPS) is 13.5. The maximum atomic E-state index is 11.9. The van der Waals surface area contributed by atoms with Crippen LogP contribution >= 0.6 is 22.9 Å². The lowest BCUT2D eigenvalue weighted by atomic mass is 10.0. The lowest BCUT2D eigenvalue weighted by Crippen LogP contribution is -2.41. The molecule has 1 heterocycles. The van der Waals surface area contributed by atoms with Crippen molar-refractivity contribution >= 4 is 29.0 Å². The van der Waals surface area contributed by atoms with Crippen LogP contribution in [-0.2, 0) is 0 Å². The quantitative estimate of drug-likeness (QED) is 0.791. The van der Waals surface area contributed by atoms with Crippen molar-refractivity contribution in [2.24, 2.45) is 0 Å². The Bertz CT molecular complexity index is 570. The number of benzene rings is 1. The van der Waals surface area contributed by atoms with Crippen LogP contribution < -0.4 is 10.6 Å². The molecule has 1 aromatic heterocycles. The molecule has 0 radical (unpaired) electrons. The second-order valence-corrected chi connectivity index (χ2v) is 5.96. The van der Waals surface area contributed by atoms with Gasteiger partial charge in [-0.1, -0.05) is 23.7 Å². The Labute approximate surface area is 132 Å². The van der Waals surface area contributed by atoms with Gasteiger partial charge in [-0.25, -0.2) is 4.79 Å². The lowest BCUT2D eigenvalue weighted by Gasteiger charge is -2.19. The van der Waals surface area contributed by atoms with Gasteiger partial charge in [0.05, 0.1) is 12.1 Å². The third-order valence-corrected chi connectivity index (χ3v) is 3.87. The Morgan fingerprint density at radius 1 is 1.29 bits per heavy atom. The number of aliphatic hydroxyl groups excluding tert-OH is 1. The van der Waals surface area contributed by atoms with E-state index in [1.807, 2.05) is 29.0 Å². The summed E-state index contributed by atoms with van der Waals surface area (Å²) in [5, 5.41) is 19.4. The van der Waals surface area contributed by atoms with Crippen LogP contribution in [0.3, 0.4) is 0 Å². The van der Waals surface area contributed by atoms with Gasteiger partial charge in [0, 0.05) is 11.6 Å². The molecule has 2 aromatic rings. The first-order chi connectivity index (χ1) is 10.1. The van der Waals surface area contributed by atoms with E-state index >= 15 is 0 Å². The number of hydrogen-bond donors (Lipinski definition) is 3. The van der Waals surface area contributed by atoms with Gasteiger partial charge in [-0.2, -0.15) is 11.3 Å². The number of carbonyl (C=O) groups excluding carboxylic acids is 1. The molecule has 0 spiro atoms. The van der Waals surface area contributed by atoms with Crippen LogP contribution in [0, 0.1) is 0 Å². The summed E-state index contributed by atoms with van der Waals surface area (Å²) in [7, 11) is 0. The molecule has 2 rings (SSSR count). The van der Waals surface area contributed by atoms with Gasteiger partial charge in [0.1, 0.15) is 0 Å². The van der Waals surface area contributed by atoms with E-state index in [9.17, 15) is 9.90 Å². The van der Waals surface area contributed by atoms with Crippen molar-refractivity contribution in [1.82, 2.24) is 10.6 Å². The molecule has 0 aliphatic carbocycles. The van der Waals surface area contributed by atoms with E-state index in [0.717, 1.165) is 11.1 Å². The summed E-state index contributed by atoms with van der Waals surface area (Å²) < 4.78 is 0. The minimum absolute atomic E-state index is 0.211. The summed E-state index contributed by atoms with van der Waals surface area (Å²) in [4.78, 5) is 11.9. The molecule has 4 nitrogen and oxygen atoms in total. The minimum Gasteiger partial charge on any atom is -0.392 e. The van der Waals surface area contributed by atoms with Crippen LogP contribution in [-0.4, -0.2) is 23.8 Å². The number of rotatable bonds is 5. The predicted octanol–water partition coefficient (Wildman–Crippen LogP) is 3.17. The van der Waals surface area contributed by atoms with E-state index in [2.05, 4.69) is 10.6 Å². The van der Waals surface area contributed by atoms with E-state index in [4.69, 9.17) is 11.6 Å². The monoisotopic (exact) mass is 324 g/mol. The van der Waals surface area contributed by atoms with Gasteiger partial charge >= 0.3 is 6.03 Å². The van der Waals surface area contributed by atoms with Crippen molar-refractivity contribution in [3.63, 3.8) is 0 Å². The van der Waals surface area contributed by atoms with Crippen LogP contribution in [0.25, 0.3) is 0 Å². The zero-order valence-electron chi connectivity index (χ0n) is 11.5. The van der Waals surface area contributed by atoms with Crippen LogP contribution in [0.15, 0.2) is 41.1 Å². The molecule has 2 amide bonds. The molecule has 1 unspecified atom stereocenters. The Hall–Kier alpha value is -1.56. The van der Waals surface area contributed by atoms with E-state index in [0.29, 0.717) is 5.02 Å². The summed E-state index contributed by atoms with van der Waals surface area (Å²) in [6.45, 7) is 1.83. The maximum absolute atomic E-state index is 11.9. The second kappa shape index (κ2) is 7.45. The first-order valence-corrected chi connectivity index (χ1v) is 7.88. The van der Waals surface area contributed by atoms with E-state index < -0.39 is 6.10 Å². The van der Waals surface area contributed by atoms with Crippen molar-refractivity contribution in [3.8, 4) is 0 Å². The first kappa shape index (κ1) is 15.8.